The molecule has 2 aromatic carbocycles. The van der Waals surface area contributed by atoms with E-state index in [-0.39, 0.29) is 17.8 Å². The second kappa shape index (κ2) is 9.72. The summed E-state index contributed by atoms with van der Waals surface area (Å²) in [6.45, 7) is 8.49. The van der Waals surface area contributed by atoms with Gasteiger partial charge in [-0.2, -0.15) is 4.98 Å². The third-order valence-electron chi connectivity index (χ3n) is 4.98. The molecular formula is C24H26N4O5. The van der Waals surface area contributed by atoms with Crippen molar-refractivity contribution in [2.75, 3.05) is 24.7 Å². The van der Waals surface area contributed by atoms with Gasteiger partial charge in [0.15, 0.2) is 17.2 Å². The maximum absolute atomic E-state index is 12.9. The van der Waals surface area contributed by atoms with Gasteiger partial charge in [-0.1, -0.05) is 23.3 Å². The van der Waals surface area contributed by atoms with Gasteiger partial charge in [-0.05, 0) is 45.0 Å². The second-order valence-corrected chi connectivity index (χ2v) is 7.13. The maximum atomic E-state index is 12.9. The van der Waals surface area contributed by atoms with Gasteiger partial charge in [0.25, 0.3) is 0 Å². The molecule has 0 saturated carbocycles. The summed E-state index contributed by atoms with van der Waals surface area (Å²) in [6, 6.07) is 13.0. The van der Waals surface area contributed by atoms with Gasteiger partial charge < -0.3 is 18.9 Å². The first-order valence-corrected chi connectivity index (χ1v) is 10.9. The van der Waals surface area contributed by atoms with Crippen molar-refractivity contribution in [3.8, 4) is 34.6 Å². The molecule has 0 saturated heterocycles. The molecule has 0 bridgehead atoms. The highest BCUT2D eigenvalue weighted by molar-refractivity contribution is 5.97. The lowest BCUT2D eigenvalue weighted by atomic mass is 10.1. The van der Waals surface area contributed by atoms with Crippen LogP contribution in [0.4, 0.5) is 5.69 Å². The number of hydrogen-bond acceptors (Lipinski definition) is 8. The number of hydrogen-bond donors (Lipinski definition) is 0. The van der Waals surface area contributed by atoms with Crippen LogP contribution < -0.4 is 23.8 Å². The van der Waals surface area contributed by atoms with E-state index >= 15 is 0 Å². The molecule has 1 atom stereocenters. The number of carbonyl (C=O) groups is 1. The Bertz CT molecular complexity index is 1150. The number of fused-ring (bicyclic) bond motifs is 3. The average Bonchev–Trinajstić information content (AvgIpc) is 2.95. The first-order valence-electron chi connectivity index (χ1n) is 10.9. The van der Waals surface area contributed by atoms with Crippen molar-refractivity contribution >= 4 is 11.6 Å². The van der Waals surface area contributed by atoms with Crippen molar-refractivity contribution < 1.29 is 23.7 Å². The molecule has 2 heterocycles. The third-order valence-corrected chi connectivity index (χ3v) is 4.98. The van der Waals surface area contributed by atoms with Crippen LogP contribution in [-0.2, 0) is 4.79 Å². The highest BCUT2D eigenvalue weighted by atomic mass is 16.5. The summed E-state index contributed by atoms with van der Waals surface area (Å²) < 4.78 is 23.3. The van der Waals surface area contributed by atoms with E-state index in [0.29, 0.717) is 53.8 Å². The Labute approximate surface area is 192 Å². The van der Waals surface area contributed by atoms with Gasteiger partial charge in [0, 0.05) is 18.1 Å². The minimum absolute atomic E-state index is 0.102. The van der Waals surface area contributed by atoms with Crippen molar-refractivity contribution in [1.82, 2.24) is 15.2 Å². The van der Waals surface area contributed by atoms with Crippen LogP contribution in [0.25, 0.3) is 11.3 Å². The summed E-state index contributed by atoms with van der Waals surface area (Å²) in [5.74, 6) is 1.21. The van der Waals surface area contributed by atoms with Crippen LogP contribution in [0.5, 0.6) is 23.4 Å². The SMILES string of the molecule is CCOc1nnc2c(n1)OC(c1ccc(OCC)c(OCC)c1)N(C(C)=O)c1ccccc1-2. The first-order chi connectivity index (χ1) is 16.1. The Morgan fingerprint density at radius 1 is 0.970 bits per heavy atom. The Morgan fingerprint density at radius 3 is 2.42 bits per heavy atom. The fourth-order valence-corrected chi connectivity index (χ4v) is 3.68. The molecule has 1 aliphatic heterocycles. The van der Waals surface area contributed by atoms with Crippen molar-refractivity contribution in [3.05, 3.63) is 48.0 Å². The lowest BCUT2D eigenvalue weighted by Gasteiger charge is -2.30. The van der Waals surface area contributed by atoms with Crippen LogP contribution >= 0.6 is 0 Å². The fourth-order valence-electron chi connectivity index (χ4n) is 3.68. The van der Waals surface area contributed by atoms with Crippen LogP contribution in [0, 0.1) is 0 Å². The molecule has 0 N–H and O–H groups in total. The van der Waals surface area contributed by atoms with E-state index in [1.54, 1.807) is 4.90 Å². The van der Waals surface area contributed by atoms with Crippen molar-refractivity contribution in [2.45, 2.75) is 33.9 Å². The maximum Gasteiger partial charge on any atom is 0.339 e. The quantitative estimate of drug-likeness (QED) is 0.529. The van der Waals surface area contributed by atoms with Crippen molar-refractivity contribution in [3.63, 3.8) is 0 Å². The second-order valence-electron chi connectivity index (χ2n) is 7.13. The molecule has 1 aromatic heterocycles. The molecule has 4 rings (SSSR count). The van der Waals surface area contributed by atoms with Crippen LogP contribution in [0.3, 0.4) is 0 Å². The van der Waals surface area contributed by atoms with Gasteiger partial charge in [0.1, 0.15) is 0 Å². The predicted molar refractivity (Wildman–Crippen MR) is 122 cm³/mol. The van der Waals surface area contributed by atoms with Crippen LogP contribution in [0.1, 0.15) is 39.5 Å². The number of ether oxygens (including phenoxy) is 4. The van der Waals surface area contributed by atoms with E-state index < -0.39 is 6.23 Å². The zero-order valence-electron chi connectivity index (χ0n) is 19.1. The molecule has 0 aliphatic carbocycles. The lowest BCUT2D eigenvalue weighted by molar-refractivity contribution is -0.118. The molecule has 1 unspecified atom stereocenters. The minimum Gasteiger partial charge on any atom is -0.490 e. The standard InChI is InChI=1S/C24H26N4O5/c1-5-30-19-13-12-16(14-20(19)31-6-2)23-28(15(4)29)18-11-9-8-10-17(18)21-22(33-23)25-24(27-26-21)32-7-3/h8-14,23H,5-7H2,1-4H3. The number of anilines is 1. The van der Waals surface area contributed by atoms with E-state index in [1.807, 2.05) is 63.2 Å². The first kappa shape index (κ1) is 22.3. The summed E-state index contributed by atoms with van der Waals surface area (Å²) in [6.07, 6.45) is -0.828. The molecule has 0 spiro atoms. The topological polar surface area (TPSA) is 95.9 Å². The van der Waals surface area contributed by atoms with Crippen LogP contribution in [-0.4, -0.2) is 40.9 Å². The van der Waals surface area contributed by atoms with Crippen LogP contribution in [0.2, 0.25) is 0 Å². The number of benzene rings is 2. The van der Waals surface area contributed by atoms with Gasteiger partial charge in [-0.15, -0.1) is 5.10 Å². The predicted octanol–water partition coefficient (Wildman–Crippen LogP) is 4.18. The monoisotopic (exact) mass is 450 g/mol. The van der Waals surface area contributed by atoms with Crippen molar-refractivity contribution in [1.29, 1.82) is 0 Å². The number of nitrogens with zero attached hydrogens (tertiary/aromatic N) is 4. The van der Waals surface area contributed by atoms with Crippen LogP contribution in [0.15, 0.2) is 42.5 Å². The molecule has 1 amide bonds. The zero-order valence-corrected chi connectivity index (χ0v) is 19.1. The molecule has 0 fully saturated rings. The smallest absolute Gasteiger partial charge is 0.339 e. The molecular weight excluding hydrogens is 424 g/mol. The summed E-state index contributed by atoms with van der Waals surface area (Å²) >= 11 is 0. The highest BCUT2D eigenvalue weighted by Crippen LogP contribution is 2.44. The minimum atomic E-state index is -0.828. The van der Waals surface area contributed by atoms with Gasteiger partial charge in [-0.25, -0.2) is 0 Å². The number of para-hydroxylation sites is 1. The van der Waals surface area contributed by atoms with Gasteiger partial charge in [0.05, 0.1) is 25.5 Å². The van der Waals surface area contributed by atoms with Gasteiger partial charge >= 0.3 is 6.01 Å². The normalized spacial score (nSPS) is 14.4. The van der Waals surface area contributed by atoms with E-state index in [1.165, 1.54) is 6.92 Å². The van der Waals surface area contributed by atoms with E-state index in [2.05, 4.69) is 15.2 Å². The molecule has 33 heavy (non-hydrogen) atoms. The Kier molecular flexibility index (Phi) is 6.58. The fraction of sp³-hybridized carbons (Fsp3) is 0.333. The number of amides is 1. The summed E-state index contributed by atoms with van der Waals surface area (Å²) in [4.78, 5) is 18.9. The van der Waals surface area contributed by atoms with Gasteiger partial charge in [0.2, 0.25) is 18.0 Å². The largest absolute Gasteiger partial charge is 0.490 e. The molecule has 9 heteroatoms. The Hall–Kier alpha value is -3.88. The Balaban J connectivity index is 1.90. The summed E-state index contributed by atoms with van der Waals surface area (Å²) in [5, 5.41) is 8.36. The number of aromatic nitrogens is 3. The Morgan fingerprint density at radius 2 is 1.70 bits per heavy atom. The van der Waals surface area contributed by atoms with E-state index in [0.717, 1.165) is 0 Å². The molecule has 3 aromatic rings. The molecule has 1 aliphatic rings. The van der Waals surface area contributed by atoms with E-state index in [4.69, 9.17) is 18.9 Å². The number of rotatable bonds is 7. The zero-order chi connectivity index (χ0) is 23.4. The third kappa shape index (κ3) is 4.39. The average molecular weight is 450 g/mol. The van der Waals surface area contributed by atoms with Crippen molar-refractivity contribution in [2.24, 2.45) is 0 Å². The van der Waals surface area contributed by atoms with Gasteiger partial charge in [-0.3, -0.25) is 9.69 Å². The summed E-state index contributed by atoms with van der Waals surface area (Å²) in [7, 11) is 0. The number of carbonyl (C=O) groups excluding carboxylic acids is 1. The summed E-state index contributed by atoms with van der Waals surface area (Å²) in [5.41, 5.74) is 2.44. The molecule has 9 nitrogen and oxygen atoms in total. The molecule has 0 radical (unpaired) electrons. The highest BCUT2D eigenvalue weighted by Gasteiger charge is 2.35. The van der Waals surface area contributed by atoms with E-state index in [9.17, 15) is 4.79 Å². The lowest BCUT2D eigenvalue weighted by Crippen LogP contribution is -2.36. The molecule has 172 valence electrons.